The summed E-state index contributed by atoms with van der Waals surface area (Å²) in [5.74, 6) is -1.45. The van der Waals surface area contributed by atoms with Crippen LogP contribution in [0.2, 0.25) is 0 Å². The van der Waals surface area contributed by atoms with Crippen LogP contribution in [0.5, 0.6) is 0 Å². The first-order chi connectivity index (χ1) is 14.6. The molecule has 0 radical (unpaired) electrons. The van der Waals surface area contributed by atoms with Crippen molar-refractivity contribution in [1.82, 2.24) is 10.2 Å². The lowest BCUT2D eigenvalue weighted by Gasteiger charge is -2.25. The third-order valence-electron chi connectivity index (χ3n) is 4.83. The van der Waals surface area contributed by atoms with E-state index in [9.17, 15) is 24.3 Å². The van der Waals surface area contributed by atoms with Gasteiger partial charge in [-0.25, -0.2) is 9.59 Å². The second-order valence-electron chi connectivity index (χ2n) is 7.92. The number of nitrogens with one attached hydrogen (secondary N) is 1. The maximum absolute atomic E-state index is 12.7. The molecule has 1 saturated heterocycles. The van der Waals surface area contributed by atoms with Gasteiger partial charge in [0.2, 0.25) is 5.91 Å². The highest BCUT2D eigenvalue weighted by Crippen LogP contribution is 2.47. The summed E-state index contributed by atoms with van der Waals surface area (Å²) in [7, 11) is -1.20. The van der Waals surface area contributed by atoms with Crippen LogP contribution in [0.25, 0.3) is 0 Å². The van der Waals surface area contributed by atoms with Crippen molar-refractivity contribution in [3.8, 4) is 0 Å². The average molecular weight is 517 g/mol. The van der Waals surface area contributed by atoms with E-state index in [0.717, 1.165) is 5.56 Å². The van der Waals surface area contributed by atoms with Gasteiger partial charge in [-0.1, -0.05) is 30.3 Å². The van der Waals surface area contributed by atoms with E-state index in [4.69, 9.17) is 4.74 Å². The van der Waals surface area contributed by atoms with Crippen LogP contribution in [-0.4, -0.2) is 70.7 Å². The van der Waals surface area contributed by atoms with Gasteiger partial charge in [-0.3, -0.25) is 14.5 Å². The Hall–Kier alpha value is -2.07. The fourth-order valence-corrected chi connectivity index (χ4v) is 5.02. The van der Waals surface area contributed by atoms with Crippen LogP contribution in [0.1, 0.15) is 31.2 Å². The van der Waals surface area contributed by atoms with Gasteiger partial charge in [-0.05, 0) is 52.2 Å². The number of hydrogen-bond donors (Lipinski definition) is 2. The Kier molecular flexibility index (Phi) is 9.36. The third-order valence-corrected chi connectivity index (χ3v) is 6.52. The normalized spacial score (nSPS) is 17.6. The molecule has 2 amide bonds. The Morgan fingerprint density at radius 2 is 1.94 bits per heavy atom. The summed E-state index contributed by atoms with van der Waals surface area (Å²) < 4.78 is 5.31. The summed E-state index contributed by atoms with van der Waals surface area (Å²) in [6.07, 6.45) is 4.39. The number of benzene rings is 1. The van der Waals surface area contributed by atoms with Gasteiger partial charge >= 0.3 is 12.1 Å². The van der Waals surface area contributed by atoms with E-state index in [2.05, 4.69) is 20.1 Å². The number of rotatable bonds is 10. The van der Waals surface area contributed by atoms with E-state index < -0.39 is 38.5 Å². The van der Waals surface area contributed by atoms with Gasteiger partial charge in [0.1, 0.15) is 24.5 Å². The van der Waals surface area contributed by atoms with E-state index in [-0.39, 0.29) is 25.2 Å². The number of likely N-dealkylation sites (tertiary alicyclic amines) is 1. The molecule has 1 aliphatic heterocycles. The van der Waals surface area contributed by atoms with E-state index in [1.807, 2.05) is 42.8 Å². The number of Topliss-reactive ketones (excluding diaryl/α,β-unsaturated/α-hetero) is 1. The van der Waals surface area contributed by atoms with Gasteiger partial charge in [0.25, 0.3) is 0 Å². The van der Waals surface area contributed by atoms with Crippen LogP contribution >= 0.6 is 23.3 Å². The van der Waals surface area contributed by atoms with Gasteiger partial charge in [0.15, 0.2) is 0 Å². The number of aliphatic carboxylic acids is 1. The molecule has 2 rings (SSSR count). The lowest BCUT2D eigenvalue weighted by molar-refractivity contribution is -0.142. The Morgan fingerprint density at radius 1 is 1.26 bits per heavy atom. The Labute approximate surface area is 191 Å². The molecule has 2 atom stereocenters. The fraction of sp³-hybridized carbons (Fsp3) is 0.524. The molecule has 10 heteroatoms. The van der Waals surface area contributed by atoms with Gasteiger partial charge in [0, 0.05) is 18.7 Å². The smallest absolute Gasteiger partial charge is 0.410 e. The van der Waals surface area contributed by atoms with Crippen molar-refractivity contribution in [2.75, 3.05) is 24.8 Å². The van der Waals surface area contributed by atoms with Gasteiger partial charge < -0.3 is 15.2 Å². The summed E-state index contributed by atoms with van der Waals surface area (Å²) in [4.78, 5) is 50.2. The zero-order valence-corrected chi connectivity index (χ0v) is 20.1. The van der Waals surface area contributed by atoms with Crippen molar-refractivity contribution in [1.29, 1.82) is 0 Å². The average Bonchev–Trinajstić information content (AvgIpc) is 3.18. The van der Waals surface area contributed by atoms with Crippen LogP contribution in [0, 0.1) is 0 Å². The Balaban J connectivity index is 1.90. The molecule has 0 aliphatic carbocycles. The summed E-state index contributed by atoms with van der Waals surface area (Å²) in [6, 6.07) is 7.23. The number of hydrogen-bond acceptors (Lipinski definition) is 5. The molecule has 0 saturated carbocycles. The number of halogens is 1. The number of ether oxygens (including phenoxy) is 1. The molecule has 1 heterocycles. The number of carboxylic acid groups (broad SMARTS) is 1. The largest absolute Gasteiger partial charge is 0.480 e. The number of ketones is 1. The molecule has 0 spiro atoms. The second-order valence-corrected chi connectivity index (χ2v) is 16.3. The summed E-state index contributed by atoms with van der Waals surface area (Å²) in [5, 5.41) is 12.0. The Morgan fingerprint density at radius 3 is 2.55 bits per heavy atom. The second kappa shape index (κ2) is 11.5. The van der Waals surface area contributed by atoms with Crippen LogP contribution in [0.3, 0.4) is 0 Å². The van der Waals surface area contributed by atoms with Crippen molar-refractivity contribution >= 4 is 47.0 Å². The molecular weight excluding hydrogens is 488 g/mol. The van der Waals surface area contributed by atoms with Gasteiger partial charge in [-0.15, -0.1) is 0 Å². The molecule has 31 heavy (non-hydrogen) atoms. The molecule has 1 aliphatic rings. The standard InChI is InChI=1S/C21H29BrN2O6S/c1-31(2,22)14-16(25)10-11-17(20(27)28)23-19(26)18-9-6-12-24(18)21(29)30-13-15-7-4-3-5-8-15/h3-5,7-8,17-18H,6,9-14H2,1-2H3,(H,23,26)(H,27,28). The predicted octanol–water partition coefficient (Wildman–Crippen LogP) is 3.08. The molecule has 0 aromatic heterocycles. The van der Waals surface area contributed by atoms with Crippen LogP contribution in [-0.2, 0) is 25.7 Å². The topological polar surface area (TPSA) is 113 Å². The zero-order chi connectivity index (χ0) is 23.0. The lowest BCUT2D eigenvalue weighted by atomic mass is 10.1. The number of nitrogens with zero attached hydrogens (tertiary/aromatic N) is 1. The minimum absolute atomic E-state index is 0.00754. The number of amides is 2. The summed E-state index contributed by atoms with van der Waals surface area (Å²) in [5.41, 5.74) is 0.833. The molecule has 8 nitrogen and oxygen atoms in total. The quantitative estimate of drug-likeness (QED) is 0.493. The van der Waals surface area contributed by atoms with E-state index in [1.165, 1.54) is 4.90 Å². The lowest BCUT2D eigenvalue weighted by Crippen LogP contribution is -2.51. The van der Waals surface area contributed by atoms with Gasteiger partial charge in [0.05, 0.1) is 0 Å². The zero-order valence-electron chi connectivity index (χ0n) is 17.7. The van der Waals surface area contributed by atoms with Crippen molar-refractivity contribution in [3.05, 3.63) is 35.9 Å². The third kappa shape index (κ3) is 8.53. The molecule has 1 aromatic rings. The van der Waals surface area contributed by atoms with Gasteiger partial charge in [-0.2, -0.15) is 8.46 Å². The SMILES string of the molecule is CS(C)(Br)CC(=O)CCC(NC(=O)C1CCCN1C(=O)OCc1ccccc1)C(=O)O. The highest BCUT2D eigenvalue weighted by molar-refractivity contribution is 9.58. The minimum Gasteiger partial charge on any atom is -0.480 e. The molecule has 1 fully saturated rings. The van der Waals surface area contributed by atoms with Crippen LogP contribution < -0.4 is 5.32 Å². The molecular formula is C21H29BrN2O6S. The molecule has 2 unspecified atom stereocenters. The maximum Gasteiger partial charge on any atom is 0.410 e. The number of carbonyl (C=O) groups is 4. The van der Waals surface area contributed by atoms with E-state index in [1.54, 1.807) is 0 Å². The summed E-state index contributed by atoms with van der Waals surface area (Å²) in [6.45, 7) is 0.460. The minimum atomic E-state index is -1.21. The first kappa shape index (κ1) is 25.2. The van der Waals surface area contributed by atoms with Crippen molar-refractivity contribution in [2.45, 2.75) is 44.4 Å². The van der Waals surface area contributed by atoms with E-state index >= 15 is 0 Å². The highest BCUT2D eigenvalue weighted by Gasteiger charge is 2.36. The summed E-state index contributed by atoms with van der Waals surface area (Å²) >= 11 is 3.47. The monoisotopic (exact) mass is 516 g/mol. The molecule has 2 N–H and O–H groups in total. The molecule has 0 bridgehead atoms. The first-order valence-corrected chi connectivity index (χ1v) is 14.5. The number of carbonyl (C=O) groups excluding carboxylic acids is 3. The van der Waals surface area contributed by atoms with Crippen LogP contribution in [0.15, 0.2) is 30.3 Å². The van der Waals surface area contributed by atoms with Crippen molar-refractivity contribution in [3.63, 3.8) is 0 Å². The van der Waals surface area contributed by atoms with Crippen molar-refractivity contribution < 1.29 is 29.0 Å². The Bertz CT molecular complexity index is 799. The highest BCUT2D eigenvalue weighted by atomic mass is 79.9. The first-order valence-electron chi connectivity index (χ1n) is 9.99. The van der Waals surface area contributed by atoms with Crippen LogP contribution in [0.4, 0.5) is 4.79 Å². The molecule has 172 valence electrons. The predicted molar refractivity (Wildman–Crippen MR) is 123 cm³/mol. The number of carboxylic acids is 1. The van der Waals surface area contributed by atoms with E-state index in [0.29, 0.717) is 25.1 Å². The fourth-order valence-electron chi connectivity index (χ4n) is 3.35. The van der Waals surface area contributed by atoms with Crippen molar-refractivity contribution in [2.24, 2.45) is 0 Å². The molecule has 1 aromatic carbocycles. The maximum atomic E-state index is 12.7.